The van der Waals surface area contributed by atoms with Crippen LogP contribution in [0.5, 0.6) is 11.5 Å². The smallest absolute Gasteiger partial charge is 0.129 e. The first-order chi connectivity index (χ1) is 17.9. The van der Waals surface area contributed by atoms with E-state index in [2.05, 4.69) is 48.5 Å². The van der Waals surface area contributed by atoms with E-state index in [1.807, 2.05) is 55.9 Å². The molecule has 0 bridgehead atoms. The number of hydrogen-bond donors (Lipinski definition) is 2. The van der Waals surface area contributed by atoms with Crippen LogP contribution in [0.4, 0.5) is 0 Å². The van der Waals surface area contributed by atoms with Gasteiger partial charge in [0.1, 0.15) is 23.2 Å². The molecule has 5 atom stereocenters. The van der Waals surface area contributed by atoms with Gasteiger partial charge >= 0.3 is 0 Å². The number of thioether (sulfide) groups is 1. The first-order valence-corrected chi connectivity index (χ1v) is 14.5. The van der Waals surface area contributed by atoms with Crippen LogP contribution in [0.3, 0.4) is 0 Å². The highest BCUT2D eigenvalue weighted by molar-refractivity contribution is 7.99. The topological polar surface area (TPSA) is 58.9 Å². The SMILES string of the molecule is CC(C)(Oc1ccccc1)[C@H](O)CC[C@@H]1[C@H]2c3cccc(CCCSc4ccccc4)c3O[C@H]2C[C@H]1O. The van der Waals surface area contributed by atoms with E-state index in [1.54, 1.807) is 0 Å². The Bertz CT molecular complexity index is 1150. The monoisotopic (exact) mass is 518 g/mol. The van der Waals surface area contributed by atoms with Crippen molar-refractivity contribution >= 4 is 11.8 Å². The number of ether oxygens (including phenoxy) is 2. The van der Waals surface area contributed by atoms with Crippen molar-refractivity contribution in [1.29, 1.82) is 0 Å². The maximum absolute atomic E-state index is 11.0. The predicted molar refractivity (Wildman–Crippen MR) is 150 cm³/mol. The summed E-state index contributed by atoms with van der Waals surface area (Å²) >= 11 is 1.89. The highest BCUT2D eigenvalue weighted by atomic mass is 32.2. The van der Waals surface area contributed by atoms with Gasteiger partial charge in [0.15, 0.2) is 0 Å². The third kappa shape index (κ3) is 6.00. The number of para-hydroxylation sites is 2. The quantitative estimate of drug-likeness (QED) is 0.220. The van der Waals surface area contributed by atoms with Crippen LogP contribution in [0.15, 0.2) is 83.8 Å². The van der Waals surface area contributed by atoms with Crippen molar-refractivity contribution in [1.82, 2.24) is 0 Å². The molecule has 196 valence electrons. The lowest BCUT2D eigenvalue weighted by atomic mass is 9.82. The Hall–Kier alpha value is -2.47. The van der Waals surface area contributed by atoms with Crippen molar-refractivity contribution in [3.05, 3.63) is 90.0 Å². The summed E-state index contributed by atoms with van der Waals surface area (Å²) in [6.07, 6.45) is 2.97. The minimum atomic E-state index is -0.723. The molecule has 4 nitrogen and oxygen atoms in total. The van der Waals surface area contributed by atoms with Crippen molar-refractivity contribution in [2.24, 2.45) is 5.92 Å². The predicted octanol–water partition coefficient (Wildman–Crippen LogP) is 6.64. The van der Waals surface area contributed by atoms with Gasteiger partial charge in [0.25, 0.3) is 0 Å². The highest BCUT2D eigenvalue weighted by Gasteiger charge is 2.50. The Kier molecular flexibility index (Phi) is 8.13. The van der Waals surface area contributed by atoms with E-state index >= 15 is 0 Å². The minimum Gasteiger partial charge on any atom is -0.489 e. The fraction of sp³-hybridized carbons (Fsp3) is 0.438. The van der Waals surface area contributed by atoms with Crippen molar-refractivity contribution in [3.8, 4) is 11.5 Å². The third-order valence-corrected chi connectivity index (χ3v) is 8.99. The van der Waals surface area contributed by atoms with E-state index in [0.29, 0.717) is 12.8 Å². The molecule has 0 unspecified atom stereocenters. The van der Waals surface area contributed by atoms with Gasteiger partial charge in [-0.2, -0.15) is 0 Å². The van der Waals surface area contributed by atoms with Crippen molar-refractivity contribution in [3.63, 3.8) is 0 Å². The first-order valence-electron chi connectivity index (χ1n) is 13.5. The van der Waals surface area contributed by atoms with E-state index in [-0.39, 0.29) is 17.9 Å². The normalized spacial score (nSPS) is 23.2. The summed E-state index contributed by atoms with van der Waals surface area (Å²) < 4.78 is 12.6. The number of aliphatic hydroxyl groups is 2. The summed E-state index contributed by atoms with van der Waals surface area (Å²) in [5, 5.41) is 22.0. The Morgan fingerprint density at radius 3 is 2.49 bits per heavy atom. The Morgan fingerprint density at radius 2 is 1.73 bits per heavy atom. The summed E-state index contributed by atoms with van der Waals surface area (Å²) in [5.41, 5.74) is 1.78. The van der Waals surface area contributed by atoms with Crippen LogP contribution in [0.1, 0.15) is 56.6 Å². The van der Waals surface area contributed by atoms with Gasteiger partial charge in [-0.3, -0.25) is 0 Å². The van der Waals surface area contributed by atoms with Gasteiger partial charge in [-0.05, 0) is 81.0 Å². The average molecular weight is 519 g/mol. The average Bonchev–Trinajstić information content (AvgIpc) is 3.41. The lowest BCUT2D eigenvalue weighted by molar-refractivity contribution is -0.0375. The number of rotatable bonds is 11. The summed E-state index contributed by atoms with van der Waals surface area (Å²) in [6, 6.07) is 26.7. The molecule has 1 saturated carbocycles. The molecule has 5 heteroatoms. The molecule has 1 fully saturated rings. The van der Waals surface area contributed by atoms with Crippen LogP contribution in [-0.2, 0) is 6.42 Å². The molecule has 2 N–H and O–H groups in total. The van der Waals surface area contributed by atoms with Gasteiger partial charge in [0.2, 0.25) is 0 Å². The Balaban J connectivity index is 1.20. The number of benzene rings is 3. The lowest BCUT2D eigenvalue weighted by Crippen LogP contribution is -2.42. The standard InChI is InChI=1S/C32H38O4S/c1-32(2,36-23-13-5-3-6-14-23)29(34)19-18-25-27(33)21-28-30(25)26-17-9-11-22(31(26)35-28)12-10-20-37-24-15-7-4-8-16-24/h3-9,11,13-17,25,27-30,33-34H,10,12,18-21H2,1-2H3/t25-,27+,28-,29+,30-/m0/s1. The van der Waals surface area contributed by atoms with Crippen molar-refractivity contribution in [2.75, 3.05) is 5.75 Å². The van der Waals surface area contributed by atoms with Gasteiger partial charge in [-0.25, -0.2) is 0 Å². The van der Waals surface area contributed by atoms with E-state index in [4.69, 9.17) is 9.47 Å². The van der Waals surface area contributed by atoms with Crippen molar-refractivity contribution < 1.29 is 19.7 Å². The Morgan fingerprint density at radius 1 is 1.00 bits per heavy atom. The molecule has 0 saturated heterocycles. The van der Waals surface area contributed by atoms with Crippen LogP contribution >= 0.6 is 11.8 Å². The molecule has 0 amide bonds. The molecule has 0 radical (unpaired) electrons. The van der Waals surface area contributed by atoms with Gasteiger partial charge in [-0.1, -0.05) is 54.6 Å². The van der Waals surface area contributed by atoms with Crippen LogP contribution in [-0.4, -0.2) is 39.9 Å². The molecule has 5 rings (SSSR count). The van der Waals surface area contributed by atoms with E-state index in [1.165, 1.54) is 16.0 Å². The molecule has 3 aromatic rings. The minimum absolute atomic E-state index is 0.0144. The highest BCUT2D eigenvalue weighted by Crippen LogP contribution is 2.53. The van der Waals surface area contributed by atoms with Crippen LogP contribution < -0.4 is 9.47 Å². The van der Waals surface area contributed by atoms with E-state index in [0.717, 1.165) is 36.5 Å². The van der Waals surface area contributed by atoms with E-state index in [9.17, 15) is 10.2 Å². The molecule has 3 aromatic carbocycles. The molecule has 1 heterocycles. The Labute approximate surface area is 225 Å². The molecular formula is C32H38O4S. The van der Waals surface area contributed by atoms with Crippen LogP contribution in [0, 0.1) is 5.92 Å². The zero-order valence-corrected chi connectivity index (χ0v) is 22.6. The third-order valence-electron chi connectivity index (χ3n) is 7.89. The maximum Gasteiger partial charge on any atom is 0.129 e. The first kappa shape index (κ1) is 26.1. The van der Waals surface area contributed by atoms with Gasteiger partial charge in [-0.15, -0.1) is 11.8 Å². The zero-order valence-electron chi connectivity index (χ0n) is 21.8. The molecule has 0 aromatic heterocycles. The summed E-state index contributed by atoms with van der Waals surface area (Å²) in [6.45, 7) is 3.85. The fourth-order valence-corrected chi connectivity index (χ4v) is 6.76. The molecule has 1 aliphatic carbocycles. The number of fused-ring (bicyclic) bond motifs is 3. The second-order valence-electron chi connectivity index (χ2n) is 10.9. The zero-order chi connectivity index (χ0) is 25.8. The number of aliphatic hydroxyl groups excluding tert-OH is 2. The fourth-order valence-electron chi connectivity index (χ4n) is 5.89. The largest absolute Gasteiger partial charge is 0.489 e. The van der Waals surface area contributed by atoms with Crippen molar-refractivity contribution in [2.45, 2.75) is 80.7 Å². The summed E-state index contributed by atoms with van der Waals surface area (Å²) in [4.78, 5) is 1.31. The molecule has 37 heavy (non-hydrogen) atoms. The number of hydrogen-bond acceptors (Lipinski definition) is 5. The van der Waals surface area contributed by atoms with Gasteiger partial charge in [0, 0.05) is 22.8 Å². The van der Waals surface area contributed by atoms with Gasteiger partial charge in [0.05, 0.1) is 12.2 Å². The molecule has 1 aliphatic heterocycles. The van der Waals surface area contributed by atoms with Crippen LogP contribution in [0.25, 0.3) is 0 Å². The van der Waals surface area contributed by atoms with Gasteiger partial charge < -0.3 is 19.7 Å². The molecule has 0 spiro atoms. The summed E-state index contributed by atoms with van der Waals surface area (Å²) in [7, 11) is 0. The molecular weight excluding hydrogens is 480 g/mol. The number of aryl methyl sites for hydroxylation is 1. The van der Waals surface area contributed by atoms with E-state index < -0.39 is 17.8 Å². The summed E-state index contributed by atoms with van der Waals surface area (Å²) in [5.74, 6) is 3.10. The maximum atomic E-state index is 11.0. The van der Waals surface area contributed by atoms with Crippen LogP contribution in [0.2, 0.25) is 0 Å². The second kappa shape index (κ2) is 11.5. The lowest BCUT2D eigenvalue weighted by Gasteiger charge is -2.33. The molecule has 2 aliphatic rings. The second-order valence-corrected chi connectivity index (χ2v) is 12.0.